The Balaban J connectivity index is 2.14. The molecule has 4 N–H and O–H groups in total. The fourth-order valence-corrected chi connectivity index (χ4v) is 1.62. The molecule has 7 nitrogen and oxygen atoms in total. The summed E-state index contributed by atoms with van der Waals surface area (Å²) in [5, 5.41) is 5.81. The second kappa shape index (κ2) is 4.31. The summed E-state index contributed by atoms with van der Waals surface area (Å²) in [7, 11) is 0. The van der Waals surface area contributed by atoms with Crippen LogP contribution in [0.25, 0.3) is 0 Å². The van der Waals surface area contributed by atoms with Gasteiger partial charge in [0, 0.05) is 18.8 Å². The van der Waals surface area contributed by atoms with E-state index in [1.165, 1.54) is 0 Å². The number of H-pyrrole nitrogens is 2. The van der Waals surface area contributed by atoms with Crippen molar-refractivity contribution in [1.82, 2.24) is 20.6 Å². The molecule has 1 aliphatic rings. The van der Waals surface area contributed by atoms with E-state index in [0.717, 1.165) is 19.2 Å². The predicted octanol–water partition coefficient (Wildman–Crippen LogP) is -1.85. The van der Waals surface area contributed by atoms with E-state index >= 15 is 0 Å². The second-order valence-electron chi connectivity index (χ2n) is 3.65. The largest absolute Gasteiger partial charge is 0.348 e. The fraction of sp³-hybridized carbons (Fsp3) is 0.444. The Bertz CT molecular complexity index is 498. The van der Waals surface area contributed by atoms with Gasteiger partial charge in [-0.05, 0) is 13.0 Å². The van der Waals surface area contributed by atoms with E-state index < -0.39 is 17.2 Å². The summed E-state index contributed by atoms with van der Waals surface area (Å²) >= 11 is 0. The van der Waals surface area contributed by atoms with E-state index in [-0.39, 0.29) is 11.6 Å². The van der Waals surface area contributed by atoms with Gasteiger partial charge in [-0.2, -0.15) is 0 Å². The van der Waals surface area contributed by atoms with Crippen LogP contribution < -0.4 is 21.9 Å². The first-order valence-electron chi connectivity index (χ1n) is 5.00. The van der Waals surface area contributed by atoms with Gasteiger partial charge < -0.3 is 15.6 Å². The molecular formula is C9H12N4O3. The SMILES string of the molecule is O=C(N[C@H]1CCNC1)c1c[nH]c(=O)[nH]c1=O. The summed E-state index contributed by atoms with van der Waals surface area (Å²) in [6, 6.07) is 0.0406. The Morgan fingerprint density at radius 2 is 2.25 bits per heavy atom. The van der Waals surface area contributed by atoms with Gasteiger partial charge in [-0.3, -0.25) is 14.6 Å². The van der Waals surface area contributed by atoms with Crippen molar-refractivity contribution < 1.29 is 4.79 Å². The van der Waals surface area contributed by atoms with Crippen LogP contribution in [0.2, 0.25) is 0 Å². The highest BCUT2D eigenvalue weighted by Gasteiger charge is 2.19. The quantitative estimate of drug-likeness (QED) is 0.473. The number of aromatic amines is 2. The maximum atomic E-state index is 11.7. The minimum Gasteiger partial charge on any atom is -0.348 e. The Morgan fingerprint density at radius 3 is 2.88 bits per heavy atom. The van der Waals surface area contributed by atoms with Crippen molar-refractivity contribution in [2.75, 3.05) is 13.1 Å². The van der Waals surface area contributed by atoms with Crippen LogP contribution in [0.4, 0.5) is 0 Å². The van der Waals surface area contributed by atoms with E-state index in [1.54, 1.807) is 0 Å². The molecule has 0 aliphatic carbocycles. The Labute approximate surface area is 90.3 Å². The Hall–Kier alpha value is -1.89. The van der Waals surface area contributed by atoms with Crippen molar-refractivity contribution in [2.24, 2.45) is 0 Å². The molecule has 16 heavy (non-hydrogen) atoms. The molecule has 7 heteroatoms. The summed E-state index contributed by atoms with van der Waals surface area (Å²) in [5.41, 5.74) is -1.37. The zero-order valence-electron chi connectivity index (χ0n) is 8.50. The lowest BCUT2D eigenvalue weighted by molar-refractivity contribution is 0.0938. The first kappa shape index (κ1) is 10.6. The first-order valence-corrected chi connectivity index (χ1v) is 5.00. The molecule has 1 aromatic heterocycles. The topological polar surface area (TPSA) is 107 Å². The third-order valence-electron chi connectivity index (χ3n) is 2.46. The zero-order chi connectivity index (χ0) is 11.5. The molecule has 0 bridgehead atoms. The van der Waals surface area contributed by atoms with Crippen LogP contribution in [0, 0.1) is 0 Å². The van der Waals surface area contributed by atoms with Crippen LogP contribution in [0.1, 0.15) is 16.8 Å². The lowest BCUT2D eigenvalue weighted by atomic mass is 10.2. The number of carbonyl (C=O) groups is 1. The number of hydrogen-bond acceptors (Lipinski definition) is 4. The van der Waals surface area contributed by atoms with E-state index in [0.29, 0.717) is 6.54 Å². The van der Waals surface area contributed by atoms with Gasteiger partial charge in [-0.25, -0.2) is 4.79 Å². The summed E-state index contributed by atoms with van der Waals surface area (Å²) in [5.74, 6) is -0.466. The normalized spacial score (nSPS) is 19.6. The van der Waals surface area contributed by atoms with Gasteiger partial charge in [0.15, 0.2) is 0 Å². The van der Waals surface area contributed by atoms with Crippen LogP contribution in [-0.4, -0.2) is 35.0 Å². The second-order valence-corrected chi connectivity index (χ2v) is 3.65. The van der Waals surface area contributed by atoms with Crippen LogP contribution in [-0.2, 0) is 0 Å². The molecule has 1 saturated heterocycles. The maximum Gasteiger partial charge on any atom is 0.325 e. The number of carbonyl (C=O) groups excluding carboxylic acids is 1. The minimum absolute atomic E-state index is 0.0406. The molecule has 1 aromatic rings. The van der Waals surface area contributed by atoms with Crippen LogP contribution in [0.15, 0.2) is 15.8 Å². The number of nitrogens with one attached hydrogen (secondary N) is 4. The molecule has 0 spiro atoms. The van der Waals surface area contributed by atoms with Crippen molar-refractivity contribution in [2.45, 2.75) is 12.5 Å². The fourth-order valence-electron chi connectivity index (χ4n) is 1.62. The van der Waals surface area contributed by atoms with Gasteiger partial charge in [0.1, 0.15) is 5.56 Å². The average Bonchev–Trinajstić information content (AvgIpc) is 2.70. The number of rotatable bonds is 2. The highest BCUT2D eigenvalue weighted by molar-refractivity contribution is 5.93. The van der Waals surface area contributed by atoms with Gasteiger partial charge in [0.25, 0.3) is 11.5 Å². The molecule has 0 aromatic carbocycles. The van der Waals surface area contributed by atoms with E-state index in [2.05, 4.69) is 15.6 Å². The van der Waals surface area contributed by atoms with Crippen LogP contribution >= 0.6 is 0 Å². The standard InChI is InChI=1S/C9H12N4O3/c14-7(12-5-1-2-10-3-5)6-4-11-9(16)13-8(6)15/h4-5,10H,1-3H2,(H,12,14)(H2,11,13,15,16)/t5-/m0/s1. The molecule has 1 atom stereocenters. The summed E-state index contributed by atoms with van der Waals surface area (Å²) in [4.78, 5) is 38.0. The molecule has 1 aliphatic heterocycles. The number of hydrogen-bond donors (Lipinski definition) is 4. The molecule has 2 heterocycles. The van der Waals surface area contributed by atoms with Crippen LogP contribution in [0.5, 0.6) is 0 Å². The minimum atomic E-state index is -0.674. The molecule has 0 unspecified atom stereocenters. The van der Waals surface area contributed by atoms with Gasteiger partial charge in [0.2, 0.25) is 0 Å². The van der Waals surface area contributed by atoms with Crippen molar-refractivity contribution in [3.05, 3.63) is 32.6 Å². The lowest BCUT2D eigenvalue weighted by Gasteiger charge is -2.10. The molecule has 86 valence electrons. The summed E-state index contributed by atoms with van der Waals surface area (Å²) in [6.45, 7) is 1.56. The van der Waals surface area contributed by atoms with Gasteiger partial charge in [-0.1, -0.05) is 0 Å². The highest BCUT2D eigenvalue weighted by atomic mass is 16.2. The molecule has 1 amide bonds. The Kier molecular flexibility index (Phi) is 2.86. The van der Waals surface area contributed by atoms with Gasteiger partial charge in [0.05, 0.1) is 0 Å². The predicted molar refractivity (Wildman–Crippen MR) is 56.4 cm³/mol. The first-order chi connectivity index (χ1) is 7.66. The number of amides is 1. The van der Waals surface area contributed by atoms with E-state index in [9.17, 15) is 14.4 Å². The van der Waals surface area contributed by atoms with Crippen molar-refractivity contribution >= 4 is 5.91 Å². The molecule has 2 rings (SSSR count). The van der Waals surface area contributed by atoms with Gasteiger partial charge in [-0.15, -0.1) is 0 Å². The third kappa shape index (κ3) is 2.19. The zero-order valence-corrected chi connectivity index (χ0v) is 8.50. The molecular weight excluding hydrogens is 212 g/mol. The van der Waals surface area contributed by atoms with E-state index in [1.807, 2.05) is 4.98 Å². The third-order valence-corrected chi connectivity index (χ3v) is 2.46. The van der Waals surface area contributed by atoms with Crippen molar-refractivity contribution in [1.29, 1.82) is 0 Å². The maximum absolute atomic E-state index is 11.7. The smallest absolute Gasteiger partial charge is 0.325 e. The highest BCUT2D eigenvalue weighted by Crippen LogP contribution is 1.98. The lowest BCUT2D eigenvalue weighted by Crippen LogP contribution is -2.40. The monoisotopic (exact) mass is 224 g/mol. The van der Waals surface area contributed by atoms with Crippen molar-refractivity contribution in [3.63, 3.8) is 0 Å². The van der Waals surface area contributed by atoms with E-state index in [4.69, 9.17) is 0 Å². The van der Waals surface area contributed by atoms with Crippen molar-refractivity contribution in [3.8, 4) is 0 Å². The molecule has 0 radical (unpaired) electrons. The van der Waals surface area contributed by atoms with Gasteiger partial charge >= 0.3 is 5.69 Å². The number of aromatic nitrogens is 2. The average molecular weight is 224 g/mol. The Morgan fingerprint density at radius 1 is 1.44 bits per heavy atom. The molecule has 1 fully saturated rings. The molecule has 0 saturated carbocycles. The summed E-state index contributed by atoms with van der Waals surface area (Å²) in [6.07, 6.45) is 1.96. The summed E-state index contributed by atoms with van der Waals surface area (Å²) < 4.78 is 0. The van der Waals surface area contributed by atoms with Crippen LogP contribution in [0.3, 0.4) is 0 Å².